The number of aliphatic hydroxyl groups excluding tert-OH is 1. The van der Waals surface area contributed by atoms with Crippen molar-refractivity contribution in [2.24, 2.45) is 23.3 Å². The molecule has 0 aromatic heterocycles. The largest absolute Gasteiger partial charge is 0.480 e. The maximum atomic E-state index is 12.7. The molecule has 11 nitrogen and oxygen atoms in total. The number of hydrogen-bond donors (Lipinski definition) is 7. The molecule has 0 radical (unpaired) electrons. The number of aliphatic hydroxyl groups is 1. The third-order valence-corrected chi connectivity index (χ3v) is 4.74. The molecular formula is C20H39N5O6. The van der Waals surface area contributed by atoms with E-state index in [0.29, 0.717) is 19.4 Å². The molecule has 0 aliphatic carbocycles. The van der Waals surface area contributed by atoms with E-state index in [9.17, 15) is 29.4 Å². The van der Waals surface area contributed by atoms with Crippen LogP contribution in [0.2, 0.25) is 0 Å². The van der Waals surface area contributed by atoms with Crippen molar-refractivity contribution in [2.45, 2.75) is 77.5 Å². The van der Waals surface area contributed by atoms with Gasteiger partial charge >= 0.3 is 5.97 Å². The van der Waals surface area contributed by atoms with Gasteiger partial charge in [0, 0.05) is 0 Å². The number of carboxylic acids is 1. The Hall–Kier alpha value is -2.24. The number of unbranched alkanes of at least 4 members (excludes halogenated alkanes) is 1. The van der Waals surface area contributed by atoms with E-state index in [4.69, 9.17) is 11.5 Å². The molecule has 31 heavy (non-hydrogen) atoms. The second-order valence-corrected chi connectivity index (χ2v) is 8.39. The highest BCUT2D eigenvalue weighted by Crippen LogP contribution is 2.08. The Balaban J connectivity index is 5.23. The molecule has 9 N–H and O–H groups in total. The van der Waals surface area contributed by atoms with Crippen LogP contribution in [0.25, 0.3) is 0 Å². The minimum absolute atomic E-state index is 0.00750. The fourth-order valence-corrected chi connectivity index (χ4v) is 2.76. The Labute approximate surface area is 183 Å². The maximum absolute atomic E-state index is 12.7. The van der Waals surface area contributed by atoms with Crippen molar-refractivity contribution in [3.63, 3.8) is 0 Å². The van der Waals surface area contributed by atoms with Crippen LogP contribution < -0.4 is 27.4 Å². The average Bonchev–Trinajstić information content (AvgIpc) is 2.69. The van der Waals surface area contributed by atoms with Crippen LogP contribution in [0.15, 0.2) is 0 Å². The van der Waals surface area contributed by atoms with Gasteiger partial charge in [0.25, 0.3) is 0 Å². The van der Waals surface area contributed by atoms with Crippen molar-refractivity contribution in [2.75, 3.05) is 13.2 Å². The maximum Gasteiger partial charge on any atom is 0.326 e. The average molecular weight is 446 g/mol. The van der Waals surface area contributed by atoms with Crippen LogP contribution in [0, 0.1) is 11.8 Å². The van der Waals surface area contributed by atoms with Crippen LogP contribution in [0.4, 0.5) is 0 Å². The molecule has 0 spiro atoms. The van der Waals surface area contributed by atoms with Crippen molar-refractivity contribution in [3.05, 3.63) is 0 Å². The number of carboxylic acid groups (broad SMARTS) is 1. The third kappa shape index (κ3) is 11.1. The van der Waals surface area contributed by atoms with E-state index >= 15 is 0 Å². The molecule has 0 bridgehead atoms. The van der Waals surface area contributed by atoms with Crippen molar-refractivity contribution in [1.29, 1.82) is 0 Å². The summed E-state index contributed by atoms with van der Waals surface area (Å²) in [6.07, 6.45) is 1.61. The quantitative estimate of drug-likeness (QED) is 0.150. The molecule has 3 amide bonds. The van der Waals surface area contributed by atoms with Gasteiger partial charge in [0.1, 0.15) is 18.1 Å². The van der Waals surface area contributed by atoms with E-state index in [2.05, 4.69) is 16.0 Å². The normalized spacial score (nSPS) is 15.1. The molecule has 180 valence electrons. The lowest BCUT2D eigenvalue weighted by atomic mass is 10.0. The fraction of sp³-hybridized carbons (Fsp3) is 0.800. The van der Waals surface area contributed by atoms with Gasteiger partial charge in [-0.1, -0.05) is 27.7 Å². The molecule has 0 aliphatic rings. The number of nitrogens with one attached hydrogen (secondary N) is 3. The Morgan fingerprint density at radius 2 is 1.35 bits per heavy atom. The molecule has 4 atom stereocenters. The number of nitrogens with two attached hydrogens (primary N) is 2. The molecule has 0 heterocycles. The van der Waals surface area contributed by atoms with Gasteiger partial charge in [0.05, 0.1) is 12.6 Å². The molecule has 0 rings (SSSR count). The highest BCUT2D eigenvalue weighted by molar-refractivity contribution is 5.94. The second-order valence-electron chi connectivity index (χ2n) is 8.39. The number of amides is 3. The molecular weight excluding hydrogens is 406 g/mol. The summed E-state index contributed by atoms with van der Waals surface area (Å²) >= 11 is 0. The van der Waals surface area contributed by atoms with Gasteiger partial charge in [-0.2, -0.15) is 0 Å². The molecule has 4 unspecified atom stereocenters. The standard InChI is InChI=1S/C20H39N5O6/c1-11(2)9-14(17(27)23-13(20(30)31)7-5-6-8-21)24-18(28)15(10-26)25-19(29)16(22)12(3)4/h11-16,26H,5-10,21-22H2,1-4H3,(H,23,27)(H,24,28)(H,25,29)(H,30,31). The van der Waals surface area contributed by atoms with Gasteiger partial charge < -0.3 is 37.6 Å². The molecule has 0 fully saturated rings. The Kier molecular flexibility index (Phi) is 13.6. The lowest BCUT2D eigenvalue weighted by Gasteiger charge is -2.25. The third-order valence-electron chi connectivity index (χ3n) is 4.74. The Bertz CT molecular complexity index is 599. The van der Waals surface area contributed by atoms with Crippen LogP contribution in [-0.2, 0) is 19.2 Å². The zero-order valence-electron chi connectivity index (χ0n) is 18.9. The summed E-state index contributed by atoms with van der Waals surface area (Å²) < 4.78 is 0. The lowest BCUT2D eigenvalue weighted by molar-refractivity contribution is -0.142. The minimum Gasteiger partial charge on any atom is -0.480 e. The van der Waals surface area contributed by atoms with Crippen molar-refractivity contribution in [3.8, 4) is 0 Å². The topological polar surface area (TPSA) is 197 Å². The van der Waals surface area contributed by atoms with Crippen molar-refractivity contribution >= 4 is 23.7 Å². The van der Waals surface area contributed by atoms with Crippen LogP contribution in [0.1, 0.15) is 53.4 Å². The molecule has 0 aliphatic heterocycles. The number of carbonyl (C=O) groups excluding carboxylic acids is 3. The number of aliphatic carboxylic acids is 1. The van der Waals surface area contributed by atoms with E-state index < -0.39 is 54.5 Å². The van der Waals surface area contributed by atoms with Crippen LogP contribution in [0.3, 0.4) is 0 Å². The highest BCUT2D eigenvalue weighted by atomic mass is 16.4. The predicted molar refractivity (Wildman–Crippen MR) is 116 cm³/mol. The van der Waals surface area contributed by atoms with Crippen molar-refractivity contribution in [1.82, 2.24) is 16.0 Å². The van der Waals surface area contributed by atoms with Gasteiger partial charge in [-0.25, -0.2) is 4.79 Å². The first-order valence-electron chi connectivity index (χ1n) is 10.6. The Morgan fingerprint density at radius 1 is 0.839 bits per heavy atom. The fourth-order valence-electron chi connectivity index (χ4n) is 2.76. The molecule has 0 saturated heterocycles. The van der Waals surface area contributed by atoms with E-state index in [1.54, 1.807) is 13.8 Å². The summed E-state index contributed by atoms with van der Waals surface area (Å²) in [5.41, 5.74) is 11.2. The monoisotopic (exact) mass is 445 g/mol. The van der Waals surface area contributed by atoms with E-state index in [0.717, 1.165) is 0 Å². The van der Waals surface area contributed by atoms with Gasteiger partial charge in [-0.3, -0.25) is 14.4 Å². The summed E-state index contributed by atoms with van der Waals surface area (Å²) in [4.78, 5) is 48.9. The summed E-state index contributed by atoms with van der Waals surface area (Å²) in [6.45, 7) is 6.91. The molecule has 0 aromatic carbocycles. The first kappa shape index (κ1) is 28.8. The second kappa shape index (κ2) is 14.7. The zero-order chi connectivity index (χ0) is 24.1. The summed E-state index contributed by atoms with van der Waals surface area (Å²) in [5.74, 6) is -3.35. The summed E-state index contributed by atoms with van der Waals surface area (Å²) in [7, 11) is 0. The summed E-state index contributed by atoms with van der Waals surface area (Å²) in [6, 6.07) is -4.29. The van der Waals surface area contributed by atoms with E-state index in [1.165, 1.54) is 0 Å². The smallest absolute Gasteiger partial charge is 0.326 e. The predicted octanol–water partition coefficient (Wildman–Crippen LogP) is -1.32. The number of rotatable bonds is 15. The zero-order valence-corrected chi connectivity index (χ0v) is 18.9. The first-order valence-corrected chi connectivity index (χ1v) is 10.6. The molecule has 0 saturated carbocycles. The van der Waals surface area contributed by atoms with Gasteiger partial charge in [0.2, 0.25) is 17.7 Å². The van der Waals surface area contributed by atoms with E-state index in [-0.39, 0.29) is 24.7 Å². The SMILES string of the molecule is CC(C)CC(NC(=O)C(CO)NC(=O)C(N)C(C)C)C(=O)NC(CCCCN)C(=O)O. The van der Waals surface area contributed by atoms with Crippen molar-refractivity contribution < 1.29 is 29.4 Å². The van der Waals surface area contributed by atoms with Crippen LogP contribution in [-0.4, -0.2) is 71.2 Å². The van der Waals surface area contributed by atoms with Gasteiger partial charge in [-0.15, -0.1) is 0 Å². The van der Waals surface area contributed by atoms with Gasteiger partial charge in [-0.05, 0) is 44.1 Å². The number of carbonyl (C=O) groups is 4. The first-order chi connectivity index (χ1) is 14.4. The highest BCUT2D eigenvalue weighted by Gasteiger charge is 2.30. The lowest BCUT2D eigenvalue weighted by Crippen LogP contribution is -2.58. The van der Waals surface area contributed by atoms with Crippen LogP contribution in [0.5, 0.6) is 0 Å². The summed E-state index contributed by atoms with van der Waals surface area (Å²) in [5, 5.41) is 26.2. The van der Waals surface area contributed by atoms with Gasteiger partial charge in [0.15, 0.2) is 0 Å². The Morgan fingerprint density at radius 3 is 1.81 bits per heavy atom. The minimum atomic E-state index is -1.29. The van der Waals surface area contributed by atoms with E-state index in [1.807, 2.05) is 13.8 Å². The molecule has 11 heteroatoms. The molecule has 0 aromatic rings. The van der Waals surface area contributed by atoms with Crippen LogP contribution >= 0.6 is 0 Å². The number of hydrogen-bond acceptors (Lipinski definition) is 7.